The molecule has 0 aromatic heterocycles. The van der Waals surface area contributed by atoms with Gasteiger partial charge in [0.2, 0.25) is 0 Å². The van der Waals surface area contributed by atoms with E-state index in [2.05, 4.69) is 18.7 Å². The lowest BCUT2D eigenvalue weighted by Crippen LogP contribution is -1.96. The lowest BCUT2D eigenvalue weighted by Gasteiger charge is -2.03. The predicted octanol–water partition coefficient (Wildman–Crippen LogP) is 4.44. The van der Waals surface area contributed by atoms with Crippen LogP contribution < -0.4 is 0 Å². The van der Waals surface area contributed by atoms with Crippen molar-refractivity contribution in [2.45, 2.75) is 58.8 Å². The van der Waals surface area contributed by atoms with E-state index in [0.717, 1.165) is 44.9 Å². The van der Waals surface area contributed by atoms with Gasteiger partial charge in [0.1, 0.15) is 5.78 Å². The molecule has 0 bridgehead atoms. The van der Waals surface area contributed by atoms with Gasteiger partial charge in [0, 0.05) is 12.8 Å². The minimum atomic E-state index is 0.402. The van der Waals surface area contributed by atoms with Gasteiger partial charge < -0.3 is 0 Å². The summed E-state index contributed by atoms with van der Waals surface area (Å²) in [7, 11) is 0. The van der Waals surface area contributed by atoms with Gasteiger partial charge in [-0.25, -0.2) is 0 Å². The Morgan fingerprint density at radius 2 is 1.93 bits per heavy atom. The van der Waals surface area contributed by atoms with E-state index >= 15 is 0 Å². The van der Waals surface area contributed by atoms with Crippen molar-refractivity contribution in [2.75, 3.05) is 0 Å². The van der Waals surface area contributed by atoms with E-state index < -0.39 is 0 Å². The second-order valence-electron chi connectivity index (χ2n) is 4.00. The van der Waals surface area contributed by atoms with E-state index in [-0.39, 0.29) is 0 Å². The van der Waals surface area contributed by atoms with Crippen LogP contribution in [0, 0.1) is 0 Å². The van der Waals surface area contributed by atoms with E-state index in [4.69, 9.17) is 0 Å². The minimum Gasteiger partial charge on any atom is -0.300 e. The molecule has 0 radical (unpaired) electrons. The number of hydrogen-bond acceptors (Lipinski definition) is 1. The Hall–Kier alpha value is -0.850. The smallest absolute Gasteiger partial charge is 0.132 e. The van der Waals surface area contributed by atoms with Crippen molar-refractivity contribution in [3.63, 3.8) is 0 Å². The Labute approximate surface area is 94.3 Å². The van der Waals surface area contributed by atoms with Gasteiger partial charge >= 0.3 is 0 Å². The molecule has 0 amide bonds. The number of allylic oxidation sites excluding steroid dienone is 3. The molecule has 0 spiro atoms. The Balaban J connectivity index is 3.42. The fraction of sp³-hybridized carbons (Fsp3) is 0.643. The van der Waals surface area contributed by atoms with Gasteiger partial charge in [-0.2, -0.15) is 0 Å². The van der Waals surface area contributed by atoms with Crippen molar-refractivity contribution >= 4 is 5.78 Å². The molecular weight excluding hydrogens is 184 g/mol. The molecule has 0 aliphatic rings. The highest BCUT2D eigenvalue weighted by molar-refractivity contribution is 5.78. The standard InChI is InChI=1S/C14H24O/c1-4-6-7-10-13(3)11-8-12-14(15)9-5-2/h4,6H,3,5,7-12H2,1-2H3/b6-4+. The largest absolute Gasteiger partial charge is 0.300 e. The zero-order valence-electron chi connectivity index (χ0n) is 10.2. The van der Waals surface area contributed by atoms with Crippen molar-refractivity contribution in [3.05, 3.63) is 24.3 Å². The highest BCUT2D eigenvalue weighted by Gasteiger charge is 2.00. The monoisotopic (exact) mass is 208 g/mol. The highest BCUT2D eigenvalue weighted by atomic mass is 16.1. The summed E-state index contributed by atoms with van der Waals surface area (Å²) in [6.45, 7) is 8.11. The van der Waals surface area contributed by atoms with Crippen molar-refractivity contribution in [1.29, 1.82) is 0 Å². The highest BCUT2D eigenvalue weighted by Crippen LogP contribution is 2.12. The first-order valence-electron chi connectivity index (χ1n) is 6.00. The molecule has 0 unspecified atom stereocenters. The first kappa shape index (κ1) is 14.2. The van der Waals surface area contributed by atoms with E-state index in [9.17, 15) is 4.79 Å². The Kier molecular flexibility index (Phi) is 9.15. The third-order valence-electron chi connectivity index (χ3n) is 2.42. The molecule has 0 heterocycles. The van der Waals surface area contributed by atoms with Crippen LogP contribution in [-0.2, 0) is 4.79 Å². The van der Waals surface area contributed by atoms with Crippen LogP contribution >= 0.6 is 0 Å². The summed E-state index contributed by atoms with van der Waals surface area (Å²) in [6, 6.07) is 0. The summed E-state index contributed by atoms with van der Waals surface area (Å²) < 4.78 is 0. The molecule has 0 saturated carbocycles. The van der Waals surface area contributed by atoms with Crippen molar-refractivity contribution < 1.29 is 4.79 Å². The number of carbonyl (C=O) groups excluding carboxylic acids is 1. The molecule has 0 aromatic rings. The molecule has 1 nitrogen and oxygen atoms in total. The lowest BCUT2D eigenvalue weighted by molar-refractivity contribution is -0.119. The van der Waals surface area contributed by atoms with Crippen molar-refractivity contribution in [3.8, 4) is 0 Å². The molecular formula is C14H24O. The van der Waals surface area contributed by atoms with Crippen LogP contribution in [0.4, 0.5) is 0 Å². The van der Waals surface area contributed by atoms with Crippen molar-refractivity contribution in [1.82, 2.24) is 0 Å². The van der Waals surface area contributed by atoms with Crippen LogP contribution in [0.5, 0.6) is 0 Å². The third-order valence-corrected chi connectivity index (χ3v) is 2.42. The number of rotatable bonds is 9. The van der Waals surface area contributed by atoms with Crippen LogP contribution in [-0.4, -0.2) is 5.78 Å². The molecule has 15 heavy (non-hydrogen) atoms. The third kappa shape index (κ3) is 9.45. The van der Waals surface area contributed by atoms with Gasteiger partial charge in [-0.05, 0) is 39.0 Å². The molecule has 0 aliphatic heterocycles. The number of ketones is 1. The van der Waals surface area contributed by atoms with Crippen LogP contribution in [0.1, 0.15) is 58.8 Å². The molecule has 0 atom stereocenters. The SMILES string of the molecule is C=C(CC/C=C/C)CCCC(=O)CCC. The summed E-state index contributed by atoms with van der Waals surface area (Å²) in [4.78, 5) is 11.2. The average molecular weight is 208 g/mol. The van der Waals surface area contributed by atoms with Crippen LogP contribution in [0.2, 0.25) is 0 Å². The van der Waals surface area contributed by atoms with Crippen LogP contribution in [0.3, 0.4) is 0 Å². The molecule has 0 rings (SSSR count). The fourth-order valence-electron chi connectivity index (χ4n) is 1.52. The fourth-order valence-corrected chi connectivity index (χ4v) is 1.52. The molecule has 86 valence electrons. The molecule has 0 aromatic carbocycles. The van der Waals surface area contributed by atoms with Gasteiger partial charge in [-0.3, -0.25) is 4.79 Å². The summed E-state index contributed by atoms with van der Waals surface area (Å²) in [5.74, 6) is 0.402. The molecule has 1 heteroatoms. The molecule has 0 aliphatic carbocycles. The topological polar surface area (TPSA) is 17.1 Å². The van der Waals surface area contributed by atoms with Gasteiger partial charge in [-0.1, -0.05) is 31.2 Å². The van der Waals surface area contributed by atoms with E-state index in [1.807, 2.05) is 13.8 Å². The predicted molar refractivity (Wildman–Crippen MR) is 67.0 cm³/mol. The second kappa shape index (κ2) is 9.70. The molecule has 0 fully saturated rings. The Bertz CT molecular complexity index is 213. The average Bonchev–Trinajstić information content (AvgIpc) is 2.18. The number of carbonyl (C=O) groups is 1. The maximum absolute atomic E-state index is 11.2. The Morgan fingerprint density at radius 1 is 1.20 bits per heavy atom. The Morgan fingerprint density at radius 3 is 2.53 bits per heavy atom. The van der Waals surface area contributed by atoms with Gasteiger partial charge in [0.15, 0.2) is 0 Å². The number of Topliss-reactive ketones (excluding diaryl/α,β-unsaturated/α-hetero) is 1. The normalized spacial score (nSPS) is 10.8. The lowest BCUT2D eigenvalue weighted by atomic mass is 10.0. The van der Waals surface area contributed by atoms with Crippen molar-refractivity contribution in [2.24, 2.45) is 0 Å². The van der Waals surface area contributed by atoms with E-state index in [1.165, 1.54) is 5.57 Å². The molecule has 0 saturated heterocycles. The van der Waals surface area contributed by atoms with Gasteiger partial charge in [0.05, 0.1) is 0 Å². The maximum Gasteiger partial charge on any atom is 0.132 e. The minimum absolute atomic E-state index is 0.402. The van der Waals surface area contributed by atoms with E-state index in [0.29, 0.717) is 5.78 Å². The molecule has 0 N–H and O–H groups in total. The summed E-state index contributed by atoms with van der Waals surface area (Å²) in [5.41, 5.74) is 1.28. The summed E-state index contributed by atoms with van der Waals surface area (Å²) >= 11 is 0. The first-order chi connectivity index (χ1) is 7.20. The zero-order chi connectivity index (χ0) is 11.5. The van der Waals surface area contributed by atoms with E-state index in [1.54, 1.807) is 0 Å². The number of hydrogen-bond donors (Lipinski definition) is 0. The summed E-state index contributed by atoms with van der Waals surface area (Å²) in [5, 5.41) is 0. The van der Waals surface area contributed by atoms with Crippen LogP contribution in [0.15, 0.2) is 24.3 Å². The quantitative estimate of drug-likeness (QED) is 0.512. The maximum atomic E-state index is 11.2. The first-order valence-corrected chi connectivity index (χ1v) is 6.00. The van der Waals surface area contributed by atoms with Gasteiger partial charge in [0.25, 0.3) is 0 Å². The summed E-state index contributed by atoms with van der Waals surface area (Å²) in [6.07, 6.45) is 10.8. The van der Waals surface area contributed by atoms with Crippen LogP contribution in [0.25, 0.3) is 0 Å². The zero-order valence-corrected chi connectivity index (χ0v) is 10.2. The van der Waals surface area contributed by atoms with Gasteiger partial charge in [-0.15, -0.1) is 0 Å². The second-order valence-corrected chi connectivity index (χ2v) is 4.00.